The Morgan fingerprint density at radius 3 is 2.73 bits per heavy atom. The van der Waals surface area contributed by atoms with E-state index in [2.05, 4.69) is 15.3 Å². The Balaban J connectivity index is 1.53. The molecule has 1 aromatic carbocycles. The first-order valence-electron chi connectivity index (χ1n) is 7.68. The highest BCUT2D eigenvalue weighted by molar-refractivity contribution is 7.14. The molecule has 3 heterocycles. The maximum Gasteiger partial charge on any atom is 0.277 e. The van der Waals surface area contributed by atoms with Gasteiger partial charge >= 0.3 is 0 Å². The number of ether oxygens (including phenoxy) is 1. The Labute approximate surface area is 151 Å². The Hall–Kier alpha value is -3.26. The van der Waals surface area contributed by atoms with Crippen LogP contribution in [0.5, 0.6) is 5.75 Å². The van der Waals surface area contributed by atoms with Gasteiger partial charge in [-0.2, -0.15) is 0 Å². The summed E-state index contributed by atoms with van der Waals surface area (Å²) >= 11 is 1.32. The lowest BCUT2D eigenvalue weighted by atomic mass is 10.2. The number of carbonyl (C=O) groups is 1. The molecule has 6 nitrogen and oxygen atoms in total. The number of halogens is 1. The predicted molar refractivity (Wildman–Crippen MR) is 97.2 cm³/mol. The van der Waals surface area contributed by atoms with E-state index in [0.29, 0.717) is 10.8 Å². The molecule has 0 aliphatic carbocycles. The fourth-order valence-corrected chi connectivity index (χ4v) is 3.18. The lowest BCUT2D eigenvalue weighted by Crippen LogP contribution is -2.12. The minimum absolute atomic E-state index is 0.191. The Morgan fingerprint density at radius 2 is 1.96 bits per heavy atom. The summed E-state index contributed by atoms with van der Waals surface area (Å²) in [6, 6.07) is 10.3. The molecule has 0 aliphatic heterocycles. The van der Waals surface area contributed by atoms with Crippen molar-refractivity contribution in [3.63, 3.8) is 0 Å². The molecule has 0 saturated carbocycles. The monoisotopic (exact) mass is 368 g/mol. The fraction of sp³-hybridized carbons (Fsp3) is 0.0556. The fourth-order valence-electron chi connectivity index (χ4n) is 2.46. The average Bonchev–Trinajstić information content (AvgIpc) is 3.28. The van der Waals surface area contributed by atoms with E-state index >= 15 is 0 Å². The molecule has 0 aliphatic rings. The molecule has 26 heavy (non-hydrogen) atoms. The van der Waals surface area contributed by atoms with Crippen molar-refractivity contribution >= 4 is 28.0 Å². The second-order valence-corrected chi connectivity index (χ2v) is 6.32. The van der Waals surface area contributed by atoms with E-state index in [0.717, 1.165) is 17.0 Å². The van der Waals surface area contributed by atoms with E-state index in [1.165, 1.54) is 40.3 Å². The van der Waals surface area contributed by atoms with Gasteiger partial charge in [-0.25, -0.2) is 14.4 Å². The normalized spacial score (nSPS) is 10.8. The summed E-state index contributed by atoms with van der Waals surface area (Å²) in [6.07, 6.45) is 2.75. The number of amides is 1. The van der Waals surface area contributed by atoms with Crippen LogP contribution in [0.1, 0.15) is 10.5 Å². The van der Waals surface area contributed by atoms with Crippen LogP contribution in [0.2, 0.25) is 0 Å². The van der Waals surface area contributed by atoms with Crippen LogP contribution in [0, 0.1) is 5.82 Å². The first-order valence-corrected chi connectivity index (χ1v) is 8.56. The minimum atomic E-state index is -0.398. The molecule has 0 radical (unpaired) electrons. The number of anilines is 1. The topological polar surface area (TPSA) is 68.5 Å². The van der Waals surface area contributed by atoms with E-state index in [9.17, 15) is 9.18 Å². The van der Waals surface area contributed by atoms with Crippen molar-refractivity contribution in [2.24, 2.45) is 0 Å². The molecule has 8 heteroatoms. The molecular formula is C18H13FN4O2S. The second kappa shape index (κ2) is 6.57. The number of pyridine rings is 1. The number of carbonyl (C=O) groups excluding carboxylic acids is 1. The lowest BCUT2D eigenvalue weighted by Gasteiger charge is -2.00. The summed E-state index contributed by atoms with van der Waals surface area (Å²) in [7, 11) is 1.61. The predicted octanol–water partition coefficient (Wildman–Crippen LogP) is 3.86. The summed E-state index contributed by atoms with van der Waals surface area (Å²) in [5.74, 6) is -0.0311. The van der Waals surface area contributed by atoms with Gasteiger partial charge in [-0.15, -0.1) is 11.3 Å². The van der Waals surface area contributed by atoms with E-state index in [-0.39, 0.29) is 5.69 Å². The van der Waals surface area contributed by atoms with Crippen LogP contribution in [0.3, 0.4) is 0 Å². The molecular weight excluding hydrogens is 355 g/mol. The molecule has 0 unspecified atom stereocenters. The van der Waals surface area contributed by atoms with Crippen LogP contribution >= 0.6 is 11.3 Å². The minimum Gasteiger partial charge on any atom is -0.497 e. The Bertz CT molecular complexity index is 1090. The van der Waals surface area contributed by atoms with Gasteiger partial charge in [0.15, 0.2) is 5.13 Å². The van der Waals surface area contributed by atoms with Crippen molar-refractivity contribution in [2.45, 2.75) is 0 Å². The Kier molecular flexibility index (Phi) is 4.10. The summed E-state index contributed by atoms with van der Waals surface area (Å²) in [6.45, 7) is 0. The van der Waals surface area contributed by atoms with Gasteiger partial charge in [-0.1, -0.05) is 0 Å². The van der Waals surface area contributed by atoms with E-state index in [1.54, 1.807) is 7.11 Å². The smallest absolute Gasteiger partial charge is 0.277 e. The largest absolute Gasteiger partial charge is 0.497 e. The standard InChI is InChI=1S/C18H13FN4O2S/c1-25-13-5-2-11(3-6-13)15-10-26-18(21-15)22-17(24)14-9-23-8-12(19)4-7-16(23)20-14/h2-10H,1H3,(H,21,22,24). The van der Waals surface area contributed by atoms with Gasteiger partial charge in [0.05, 0.1) is 12.8 Å². The number of methoxy groups -OCH3 is 1. The highest BCUT2D eigenvalue weighted by atomic mass is 32.1. The maximum absolute atomic E-state index is 13.2. The zero-order valence-corrected chi connectivity index (χ0v) is 14.5. The highest BCUT2D eigenvalue weighted by Crippen LogP contribution is 2.26. The number of nitrogens with one attached hydrogen (secondary N) is 1. The molecule has 0 bridgehead atoms. The summed E-state index contributed by atoms with van der Waals surface area (Å²) in [4.78, 5) is 21.0. The number of nitrogens with zero attached hydrogens (tertiary/aromatic N) is 3. The van der Waals surface area contributed by atoms with Gasteiger partial charge in [0.25, 0.3) is 5.91 Å². The lowest BCUT2D eigenvalue weighted by molar-refractivity contribution is 0.102. The zero-order chi connectivity index (χ0) is 18.1. The van der Waals surface area contributed by atoms with Crippen molar-refractivity contribution in [1.82, 2.24) is 14.4 Å². The third-order valence-corrected chi connectivity index (χ3v) is 4.52. The molecule has 4 aromatic rings. The number of benzene rings is 1. The number of fused-ring (bicyclic) bond motifs is 1. The molecule has 0 fully saturated rings. The van der Waals surface area contributed by atoms with Gasteiger partial charge in [-0.3, -0.25) is 10.1 Å². The summed E-state index contributed by atoms with van der Waals surface area (Å²) in [5, 5.41) is 5.04. The maximum atomic E-state index is 13.2. The van der Waals surface area contributed by atoms with Crippen LogP contribution in [-0.2, 0) is 0 Å². The van der Waals surface area contributed by atoms with Gasteiger partial charge in [0.1, 0.15) is 22.9 Å². The highest BCUT2D eigenvalue weighted by Gasteiger charge is 2.14. The van der Waals surface area contributed by atoms with Crippen molar-refractivity contribution < 1.29 is 13.9 Å². The second-order valence-electron chi connectivity index (χ2n) is 5.46. The van der Waals surface area contributed by atoms with Crippen LogP contribution in [0.4, 0.5) is 9.52 Å². The first-order chi connectivity index (χ1) is 12.6. The molecule has 130 valence electrons. The van der Waals surface area contributed by atoms with Gasteiger partial charge < -0.3 is 9.14 Å². The summed E-state index contributed by atoms with van der Waals surface area (Å²) < 4.78 is 19.8. The van der Waals surface area contributed by atoms with Crippen LogP contribution in [0.25, 0.3) is 16.9 Å². The van der Waals surface area contributed by atoms with Crippen molar-refractivity contribution in [3.8, 4) is 17.0 Å². The molecule has 0 spiro atoms. The van der Waals surface area contributed by atoms with Crippen molar-refractivity contribution in [1.29, 1.82) is 0 Å². The summed E-state index contributed by atoms with van der Waals surface area (Å²) in [5.41, 5.74) is 2.36. The molecule has 0 atom stereocenters. The Morgan fingerprint density at radius 1 is 1.15 bits per heavy atom. The van der Waals surface area contributed by atoms with Crippen molar-refractivity contribution in [2.75, 3.05) is 12.4 Å². The van der Waals surface area contributed by atoms with Gasteiger partial charge in [0, 0.05) is 23.3 Å². The molecule has 1 amide bonds. The van der Waals surface area contributed by atoms with E-state index < -0.39 is 11.7 Å². The number of aromatic nitrogens is 3. The third-order valence-electron chi connectivity index (χ3n) is 3.76. The average molecular weight is 368 g/mol. The number of rotatable bonds is 4. The molecule has 1 N–H and O–H groups in total. The quantitative estimate of drug-likeness (QED) is 0.594. The van der Waals surface area contributed by atoms with Crippen molar-refractivity contribution in [3.05, 3.63) is 65.7 Å². The van der Waals surface area contributed by atoms with E-state index in [1.807, 2.05) is 29.6 Å². The number of imidazole rings is 1. The first kappa shape index (κ1) is 16.2. The van der Waals surface area contributed by atoms with Gasteiger partial charge in [0.2, 0.25) is 0 Å². The molecule has 3 aromatic heterocycles. The number of thiazole rings is 1. The van der Waals surface area contributed by atoms with Gasteiger partial charge in [-0.05, 0) is 36.4 Å². The van der Waals surface area contributed by atoms with Crippen LogP contribution < -0.4 is 10.1 Å². The van der Waals surface area contributed by atoms with Crippen LogP contribution in [0.15, 0.2) is 54.2 Å². The van der Waals surface area contributed by atoms with Crippen LogP contribution in [-0.4, -0.2) is 27.4 Å². The van der Waals surface area contributed by atoms with E-state index in [4.69, 9.17) is 4.74 Å². The SMILES string of the molecule is COc1ccc(-c2csc(NC(=O)c3cn4cc(F)ccc4n3)n2)cc1. The molecule has 4 rings (SSSR count). The number of hydrogen-bond donors (Lipinski definition) is 1. The molecule has 0 saturated heterocycles. The third kappa shape index (κ3) is 3.14. The number of hydrogen-bond acceptors (Lipinski definition) is 5. The zero-order valence-electron chi connectivity index (χ0n) is 13.6.